The predicted molar refractivity (Wildman–Crippen MR) is 105 cm³/mol. The van der Waals surface area contributed by atoms with Crippen LogP contribution in [0.25, 0.3) is 10.9 Å². The van der Waals surface area contributed by atoms with E-state index in [2.05, 4.69) is 36.0 Å². The Hall–Kier alpha value is -3.22. The van der Waals surface area contributed by atoms with Crippen molar-refractivity contribution in [2.75, 3.05) is 6.61 Å². The summed E-state index contributed by atoms with van der Waals surface area (Å²) in [5.41, 5.74) is 2.61. The minimum atomic E-state index is -0.621. The van der Waals surface area contributed by atoms with Crippen molar-refractivity contribution in [3.8, 4) is 11.6 Å². The van der Waals surface area contributed by atoms with Crippen LogP contribution in [0.3, 0.4) is 0 Å². The lowest BCUT2D eigenvalue weighted by Gasteiger charge is -2.20. The number of hydrogen-bond donors (Lipinski definition) is 2. The lowest BCUT2D eigenvalue weighted by Crippen LogP contribution is -2.12. The Bertz CT molecular complexity index is 1060. The van der Waals surface area contributed by atoms with Gasteiger partial charge in [0.05, 0.1) is 5.52 Å². The predicted octanol–water partition coefficient (Wildman–Crippen LogP) is 5.31. The molecule has 2 aromatic carbocycles. The van der Waals surface area contributed by atoms with Crippen LogP contribution in [0.5, 0.6) is 11.6 Å². The van der Waals surface area contributed by atoms with Crippen LogP contribution in [0.15, 0.2) is 46.6 Å². The third-order valence-corrected chi connectivity index (χ3v) is 4.37. The van der Waals surface area contributed by atoms with Gasteiger partial charge in [0.25, 0.3) is 0 Å². The quantitative estimate of drug-likeness (QED) is 0.599. The number of carbonyl (C=O) groups excluding carboxylic acids is 1. The molecule has 6 nitrogen and oxygen atoms in total. The fraction of sp³-hybridized carbons (Fsp3) is 0.286. The van der Waals surface area contributed by atoms with Crippen LogP contribution < -0.4 is 4.74 Å². The fourth-order valence-electron chi connectivity index (χ4n) is 2.79. The lowest BCUT2D eigenvalue weighted by molar-refractivity contribution is -0.120. The Balaban J connectivity index is 1.70. The zero-order valence-corrected chi connectivity index (χ0v) is 16.2. The van der Waals surface area contributed by atoms with Crippen molar-refractivity contribution in [1.82, 2.24) is 4.98 Å². The average molecular weight is 383 g/mol. The molecule has 28 heavy (non-hydrogen) atoms. The van der Waals surface area contributed by atoms with Crippen LogP contribution in [0, 0.1) is 12.7 Å². The van der Waals surface area contributed by atoms with Crippen LogP contribution in [-0.4, -0.2) is 22.6 Å². The number of halogens is 1. The topological polar surface area (TPSA) is 87.0 Å². The van der Waals surface area contributed by atoms with Gasteiger partial charge in [-0.15, -0.1) is 10.2 Å². The van der Waals surface area contributed by atoms with Crippen LogP contribution in [0.2, 0.25) is 0 Å². The Morgan fingerprint density at radius 3 is 2.64 bits per heavy atom. The Morgan fingerprint density at radius 2 is 1.96 bits per heavy atom. The van der Waals surface area contributed by atoms with Gasteiger partial charge in [-0.1, -0.05) is 32.9 Å². The molecule has 7 heteroatoms. The van der Waals surface area contributed by atoms with Gasteiger partial charge in [0.1, 0.15) is 11.6 Å². The number of aromatic nitrogens is 1. The first kappa shape index (κ1) is 19.5. The number of carbonyl (C=O) groups is 1. The summed E-state index contributed by atoms with van der Waals surface area (Å²) in [6.07, 6.45) is 0. The largest absolute Gasteiger partial charge is 0.493 e. The normalized spacial score (nSPS) is 12.0. The van der Waals surface area contributed by atoms with Crippen molar-refractivity contribution in [2.24, 2.45) is 10.2 Å². The van der Waals surface area contributed by atoms with E-state index in [1.165, 1.54) is 23.8 Å². The van der Waals surface area contributed by atoms with Crippen LogP contribution >= 0.6 is 0 Å². The third kappa shape index (κ3) is 4.19. The van der Waals surface area contributed by atoms with Gasteiger partial charge in [-0.05, 0) is 47.7 Å². The molecule has 0 aliphatic heterocycles. The Morgan fingerprint density at radius 1 is 1.21 bits per heavy atom. The maximum atomic E-state index is 13.4. The molecular formula is C21H22FN3O3. The second-order valence-electron chi connectivity index (χ2n) is 7.62. The number of fused-ring (bicyclic) bond motifs is 1. The van der Waals surface area contributed by atoms with Gasteiger partial charge >= 0.3 is 5.91 Å². The summed E-state index contributed by atoms with van der Waals surface area (Å²) in [4.78, 5) is 14.7. The minimum Gasteiger partial charge on any atom is -0.493 e. The minimum absolute atomic E-state index is 0.00793. The van der Waals surface area contributed by atoms with E-state index in [1.54, 1.807) is 0 Å². The van der Waals surface area contributed by atoms with Gasteiger partial charge in [-0.3, -0.25) is 4.79 Å². The number of azo groups is 1. The first-order chi connectivity index (χ1) is 13.1. The number of hydrogen-bond acceptors (Lipinski definition) is 4. The Labute approximate surface area is 162 Å². The molecule has 3 rings (SSSR count). The highest BCUT2D eigenvalue weighted by Crippen LogP contribution is 2.35. The zero-order chi connectivity index (χ0) is 20.5. The third-order valence-electron chi connectivity index (χ3n) is 4.37. The molecule has 1 amide bonds. The molecule has 0 unspecified atom stereocenters. The monoisotopic (exact) mass is 383 g/mol. The van der Waals surface area contributed by atoms with Gasteiger partial charge in [-0.2, -0.15) is 0 Å². The standard InChI is InChI=1S/C21H22FN3O3/c1-12-9-13(21(2,3)4)5-8-17(12)28-11-18(26)24-25-19-15-10-14(22)6-7-16(15)23-20(19)27/h5-10,23,27H,11H2,1-4H3. The van der Waals surface area contributed by atoms with Crippen LogP contribution in [0.4, 0.5) is 10.1 Å². The van der Waals surface area contributed by atoms with Gasteiger partial charge < -0.3 is 14.8 Å². The summed E-state index contributed by atoms with van der Waals surface area (Å²) in [5.74, 6) is -0.795. The SMILES string of the molecule is Cc1cc(C(C)(C)C)ccc1OCC(=O)N=Nc1c(O)[nH]c2ccc(F)cc12. The maximum Gasteiger partial charge on any atom is 0.302 e. The van der Waals surface area contributed by atoms with E-state index < -0.39 is 11.7 Å². The van der Waals surface area contributed by atoms with E-state index in [1.807, 2.05) is 25.1 Å². The number of aromatic amines is 1. The molecule has 146 valence electrons. The average Bonchev–Trinajstić information content (AvgIpc) is 2.92. The molecule has 0 aliphatic carbocycles. The highest BCUT2D eigenvalue weighted by Gasteiger charge is 2.15. The Kier molecular flexibility index (Phi) is 5.18. The molecule has 0 radical (unpaired) electrons. The summed E-state index contributed by atoms with van der Waals surface area (Å²) < 4.78 is 19.0. The number of rotatable bonds is 4. The highest BCUT2D eigenvalue weighted by molar-refractivity contribution is 5.94. The molecule has 1 aromatic heterocycles. The van der Waals surface area contributed by atoms with Crippen LogP contribution in [0.1, 0.15) is 31.9 Å². The van der Waals surface area contributed by atoms with Crippen molar-refractivity contribution in [2.45, 2.75) is 33.1 Å². The molecule has 0 aliphatic rings. The number of aryl methyl sites for hydroxylation is 1. The highest BCUT2D eigenvalue weighted by atomic mass is 19.1. The van der Waals surface area contributed by atoms with Gasteiger partial charge in [-0.25, -0.2) is 4.39 Å². The van der Waals surface area contributed by atoms with Crippen molar-refractivity contribution < 1.29 is 19.0 Å². The maximum absolute atomic E-state index is 13.4. The molecule has 0 spiro atoms. The van der Waals surface area contributed by atoms with E-state index in [4.69, 9.17) is 4.74 Å². The van der Waals surface area contributed by atoms with Crippen molar-refractivity contribution >= 4 is 22.5 Å². The number of nitrogens with zero attached hydrogens (tertiary/aromatic N) is 2. The van der Waals surface area contributed by atoms with Gasteiger partial charge in [0.15, 0.2) is 12.3 Å². The lowest BCUT2D eigenvalue weighted by atomic mass is 9.86. The number of ether oxygens (including phenoxy) is 1. The van der Waals surface area contributed by atoms with E-state index in [-0.39, 0.29) is 23.6 Å². The molecule has 0 saturated carbocycles. The van der Waals surface area contributed by atoms with Crippen molar-refractivity contribution in [3.63, 3.8) is 0 Å². The van der Waals surface area contributed by atoms with Crippen LogP contribution in [-0.2, 0) is 10.2 Å². The molecule has 2 N–H and O–H groups in total. The fourth-order valence-corrected chi connectivity index (χ4v) is 2.79. The number of nitrogens with one attached hydrogen (secondary N) is 1. The van der Waals surface area contributed by atoms with Gasteiger partial charge in [0, 0.05) is 5.39 Å². The summed E-state index contributed by atoms with van der Waals surface area (Å²) in [6, 6.07) is 9.76. The molecule has 1 heterocycles. The first-order valence-corrected chi connectivity index (χ1v) is 8.84. The van der Waals surface area contributed by atoms with E-state index in [0.29, 0.717) is 16.7 Å². The number of H-pyrrole nitrogens is 1. The molecule has 0 atom stereocenters. The van der Waals surface area contributed by atoms with E-state index in [0.717, 1.165) is 5.56 Å². The molecular weight excluding hydrogens is 361 g/mol. The summed E-state index contributed by atoms with van der Waals surface area (Å²) in [5, 5.41) is 17.6. The second kappa shape index (κ2) is 7.42. The van der Waals surface area contributed by atoms with Crippen molar-refractivity contribution in [3.05, 3.63) is 53.3 Å². The smallest absolute Gasteiger partial charge is 0.302 e. The first-order valence-electron chi connectivity index (χ1n) is 8.84. The summed E-state index contributed by atoms with van der Waals surface area (Å²) in [6.45, 7) is 7.99. The van der Waals surface area contributed by atoms with E-state index in [9.17, 15) is 14.3 Å². The molecule has 0 bridgehead atoms. The summed E-state index contributed by atoms with van der Waals surface area (Å²) in [7, 11) is 0. The molecule has 3 aromatic rings. The number of aromatic hydroxyl groups is 1. The van der Waals surface area contributed by atoms with E-state index >= 15 is 0 Å². The number of benzene rings is 2. The number of amides is 1. The molecule has 0 saturated heterocycles. The molecule has 0 fully saturated rings. The second-order valence-corrected chi connectivity index (χ2v) is 7.62. The van der Waals surface area contributed by atoms with Crippen molar-refractivity contribution in [1.29, 1.82) is 0 Å². The summed E-state index contributed by atoms with van der Waals surface area (Å²) >= 11 is 0. The zero-order valence-electron chi connectivity index (χ0n) is 16.2. The van der Waals surface area contributed by atoms with Gasteiger partial charge in [0.2, 0.25) is 5.88 Å².